The topological polar surface area (TPSA) is 84.0 Å². The molecule has 0 aromatic carbocycles. The number of hydrogen-bond donors (Lipinski definition) is 2. The van der Waals surface area contributed by atoms with Crippen LogP contribution in [0.15, 0.2) is 12.1 Å². The number of amides is 2. The molecule has 1 aromatic rings. The molecule has 0 aliphatic heterocycles. The minimum atomic E-state index is -0.382. The van der Waals surface area contributed by atoms with Crippen molar-refractivity contribution in [1.29, 1.82) is 0 Å². The van der Waals surface area contributed by atoms with Gasteiger partial charge in [-0.05, 0) is 32.9 Å². The molecule has 0 saturated heterocycles. The van der Waals surface area contributed by atoms with Crippen LogP contribution in [0.5, 0.6) is 0 Å². The van der Waals surface area contributed by atoms with Crippen molar-refractivity contribution in [1.82, 2.24) is 20.8 Å². The quantitative estimate of drug-likeness (QED) is 0.869. The van der Waals surface area contributed by atoms with E-state index in [2.05, 4.69) is 20.8 Å². The summed E-state index contributed by atoms with van der Waals surface area (Å²) in [5.74, 6) is -0.497. The predicted molar refractivity (Wildman–Crippen MR) is 71.9 cm³/mol. The molecule has 0 aliphatic carbocycles. The summed E-state index contributed by atoms with van der Waals surface area (Å²) in [6, 6.07) is 2.95. The zero-order valence-corrected chi connectivity index (χ0v) is 11.9. The van der Waals surface area contributed by atoms with Gasteiger partial charge in [-0.25, -0.2) is 0 Å². The predicted octanol–water partition coefficient (Wildman–Crippen LogP) is 1.16. The van der Waals surface area contributed by atoms with Gasteiger partial charge in [-0.2, -0.15) is 0 Å². The average Bonchev–Trinajstić information content (AvgIpc) is 2.27. The van der Waals surface area contributed by atoms with Crippen molar-refractivity contribution < 1.29 is 9.59 Å². The maximum absolute atomic E-state index is 11.6. The van der Waals surface area contributed by atoms with E-state index in [1.165, 1.54) is 12.1 Å². The van der Waals surface area contributed by atoms with Gasteiger partial charge in [0.05, 0.1) is 0 Å². The third-order valence-corrected chi connectivity index (χ3v) is 2.22. The summed E-state index contributed by atoms with van der Waals surface area (Å²) in [5.41, 5.74) is -0.108. The first-order chi connectivity index (χ1) is 8.78. The van der Waals surface area contributed by atoms with Crippen LogP contribution in [0.1, 0.15) is 37.7 Å². The lowest BCUT2D eigenvalue weighted by molar-refractivity contribution is -0.122. The van der Waals surface area contributed by atoms with Crippen molar-refractivity contribution in [2.45, 2.75) is 32.7 Å². The third kappa shape index (κ3) is 6.15. The molecule has 1 rings (SSSR count). The molecule has 1 aromatic heterocycles. The van der Waals surface area contributed by atoms with E-state index in [-0.39, 0.29) is 41.2 Å². The molecule has 0 bridgehead atoms. The van der Waals surface area contributed by atoms with Gasteiger partial charge in [0.25, 0.3) is 5.91 Å². The van der Waals surface area contributed by atoms with Gasteiger partial charge in [0.2, 0.25) is 5.91 Å². The first-order valence-corrected chi connectivity index (χ1v) is 6.24. The monoisotopic (exact) mass is 284 g/mol. The summed E-state index contributed by atoms with van der Waals surface area (Å²) in [6.45, 7) is 5.93. The first-order valence-electron chi connectivity index (χ1n) is 5.86. The number of nitrogens with zero attached hydrogens (tertiary/aromatic N) is 2. The van der Waals surface area contributed by atoms with Crippen LogP contribution in [-0.2, 0) is 4.79 Å². The fourth-order valence-electron chi connectivity index (χ4n) is 1.30. The lowest BCUT2D eigenvalue weighted by Gasteiger charge is -2.20. The Morgan fingerprint density at radius 2 is 1.95 bits per heavy atom. The molecule has 0 spiro atoms. The Morgan fingerprint density at radius 1 is 1.26 bits per heavy atom. The molecule has 7 heteroatoms. The van der Waals surface area contributed by atoms with Crippen molar-refractivity contribution >= 4 is 23.4 Å². The molecule has 6 nitrogen and oxygen atoms in total. The summed E-state index contributed by atoms with van der Waals surface area (Å²) in [7, 11) is 0. The second-order valence-corrected chi connectivity index (χ2v) is 5.43. The molecule has 2 N–H and O–H groups in total. The van der Waals surface area contributed by atoms with Crippen LogP contribution in [0.4, 0.5) is 0 Å². The van der Waals surface area contributed by atoms with Gasteiger partial charge in [-0.15, -0.1) is 10.2 Å². The first kappa shape index (κ1) is 15.4. The Labute approximate surface area is 116 Å². The zero-order valence-electron chi connectivity index (χ0n) is 11.2. The van der Waals surface area contributed by atoms with Crippen molar-refractivity contribution in [3.63, 3.8) is 0 Å². The zero-order chi connectivity index (χ0) is 14.5. The number of carbonyl (C=O) groups excluding carboxylic acids is 2. The smallest absolute Gasteiger partial charge is 0.271 e. The fourth-order valence-corrected chi connectivity index (χ4v) is 1.40. The number of halogens is 1. The molecule has 0 radical (unpaired) electrons. The molecule has 2 amide bonds. The van der Waals surface area contributed by atoms with E-state index in [0.29, 0.717) is 0 Å². The van der Waals surface area contributed by atoms with Crippen molar-refractivity contribution in [3.8, 4) is 0 Å². The van der Waals surface area contributed by atoms with Crippen LogP contribution in [0, 0.1) is 0 Å². The van der Waals surface area contributed by atoms with Crippen LogP contribution in [0.25, 0.3) is 0 Å². The maximum atomic E-state index is 11.6. The summed E-state index contributed by atoms with van der Waals surface area (Å²) < 4.78 is 0. The molecule has 0 saturated carbocycles. The van der Waals surface area contributed by atoms with Crippen molar-refractivity contribution in [2.75, 3.05) is 6.54 Å². The van der Waals surface area contributed by atoms with Gasteiger partial charge in [0, 0.05) is 18.5 Å². The summed E-state index contributed by atoms with van der Waals surface area (Å²) in [4.78, 5) is 23.1. The summed E-state index contributed by atoms with van der Waals surface area (Å²) >= 11 is 5.57. The Kier molecular flexibility index (Phi) is 5.23. The van der Waals surface area contributed by atoms with Crippen LogP contribution in [-0.4, -0.2) is 34.1 Å². The minimum absolute atomic E-state index is 0.116. The van der Waals surface area contributed by atoms with E-state index in [0.717, 1.165) is 0 Å². The SMILES string of the molecule is CC(C)(C)NC(=O)CCNC(=O)c1ccc(Cl)nn1. The van der Waals surface area contributed by atoms with E-state index < -0.39 is 0 Å². The Balaban J connectivity index is 2.35. The fraction of sp³-hybridized carbons (Fsp3) is 0.500. The highest BCUT2D eigenvalue weighted by molar-refractivity contribution is 6.29. The lowest BCUT2D eigenvalue weighted by Crippen LogP contribution is -2.42. The van der Waals surface area contributed by atoms with Gasteiger partial charge >= 0.3 is 0 Å². The number of rotatable bonds is 4. The molecule has 1 heterocycles. The highest BCUT2D eigenvalue weighted by Crippen LogP contribution is 2.02. The van der Waals surface area contributed by atoms with Crippen LogP contribution < -0.4 is 10.6 Å². The van der Waals surface area contributed by atoms with Crippen LogP contribution in [0.2, 0.25) is 5.15 Å². The van der Waals surface area contributed by atoms with E-state index in [9.17, 15) is 9.59 Å². The van der Waals surface area contributed by atoms with E-state index >= 15 is 0 Å². The number of hydrogen-bond acceptors (Lipinski definition) is 4. The van der Waals surface area contributed by atoms with Gasteiger partial charge in [0.15, 0.2) is 10.8 Å². The summed E-state index contributed by atoms with van der Waals surface area (Å²) in [6.07, 6.45) is 0.212. The van der Waals surface area contributed by atoms with Gasteiger partial charge < -0.3 is 10.6 Å². The van der Waals surface area contributed by atoms with Gasteiger partial charge in [-0.1, -0.05) is 11.6 Å². The normalized spacial score (nSPS) is 10.9. The lowest BCUT2D eigenvalue weighted by atomic mass is 10.1. The number of carbonyl (C=O) groups is 2. The molecule has 0 unspecified atom stereocenters. The van der Waals surface area contributed by atoms with Crippen LogP contribution >= 0.6 is 11.6 Å². The third-order valence-electron chi connectivity index (χ3n) is 2.02. The molecular weight excluding hydrogens is 268 g/mol. The maximum Gasteiger partial charge on any atom is 0.271 e. The standard InChI is InChI=1S/C12H17ClN4O2/c1-12(2,3)15-10(18)6-7-14-11(19)8-4-5-9(13)17-16-8/h4-5H,6-7H2,1-3H3,(H,14,19)(H,15,18). The Morgan fingerprint density at radius 3 is 2.47 bits per heavy atom. The van der Waals surface area contributed by atoms with E-state index in [1.54, 1.807) is 0 Å². The molecule has 0 fully saturated rings. The average molecular weight is 285 g/mol. The molecule has 104 valence electrons. The molecule has 19 heavy (non-hydrogen) atoms. The minimum Gasteiger partial charge on any atom is -0.351 e. The van der Waals surface area contributed by atoms with Gasteiger partial charge in [0.1, 0.15) is 0 Å². The summed E-state index contributed by atoms with van der Waals surface area (Å²) in [5, 5.41) is 12.8. The second-order valence-electron chi connectivity index (χ2n) is 5.05. The number of aromatic nitrogens is 2. The Bertz CT molecular complexity index is 454. The van der Waals surface area contributed by atoms with Gasteiger partial charge in [-0.3, -0.25) is 9.59 Å². The van der Waals surface area contributed by atoms with E-state index in [4.69, 9.17) is 11.6 Å². The van der Waals surface area contributed by atoms with Crippen molar-refractivity contribution in [2.24, 2.45) is 0 Å². The van der Waals surface area contributed by atoms with Crippen LogP contribution in [0.3, 0.4) is 0 Å². The number of nitrogens with one attached hydrogen (secondary N) is 2. The largest absolute Gasteiger partial charge is 0.351 e. The second kappa shape index (κ2) is 6.47. The van der Waals surface area contributed by atoms with E-state index in [1.807, 2.05) is 20.8 Å². The molecule has 0 atom stereocenters. The van der Waals surface area contributed by atoms with Crippen molar-refractivity contribution in [3.05, 3.63) is 23.0 Å². The Hall–Kier alpha value is -1.69. The molecular formula is C12H17ClN4O2. The highest BCUT2D eigenvalue weighted by atomic mass is 35.5. The highest BCUT2D eigenvalue weighted by Gasteiger charge is 2.14. The molecule has 0 aliphatic rings.